The number of benzene rings is 3. The van der Waals surface area contributed by atoms with E-state index in [0.717, 1.165) is 60.6 Å². The number of aliphatic hydroxyl groups excluding tert-OH is 1. The summed E-state index contributed by atoms with van der Waals surface area (Å²) in [4.78, 5) is 16.6. The maximum absolute atomic E-state index is 11.5. The van der Waals surface area contributed by atoms with Crippen LogP contribution in [0.25, 0.3) is 17.2 Å². The minimum atomic E-state index is -0.564. The van der Waals surface area contributed by atoms with E-state index in [9.17, 15) is 9.90 Å². The van der Waals surface area contributed by atoms with Crippen molar-refractivity contribution in [3.63, 3.8) is 0 Å². The lowest BCUT2D eigenvalue weighted by Gasteiger charge is -2.32. The van der Waals surface area contributed by atoms with Crippen molar-refractivity contribution in [2.24, 2.45) is 4.99 Å². The Kier molecular flexibility index (Phi) is 7.27. The monoisotopic (exact) mass is 508 g/mol. The van der Waals surface area contributed by atoms with Crippen LogP contribution in [0.2, 0.25) is 0 Å². The van der Waals surface area contributed by atoms with Crippen LogP contribution in [0, 0.1) is 0 Å². The Hall–Kier alpha value is -4.00. The number of carbonyl (C=O) groups is 1. The predicted octanol–water partition coefficient (Wildman–Crippen LogP) is 6.70. The molecule has 2 N–H and O–H groups in total. The minimum Gasteiger partial charge on any atom is -0.504 e. The molecular formula is C32H34N3O3+. The summed E-state index contributed by atoms with van der Waals surface area (Å²) in [6, 6.07) is 26.9. The van der Waals surface area contributed by atoms with E-state index in [0.29, 0.717) is 4.59 Å². The van der Waals surface area contributed by atoms with Crippen LogP contribution in [0.1, 0.15) is 43.7 Å². The van der Waals surface area contributed by atoms with E-state index in [4.69, 9.17) is 9.73 Å². The Labute approximate surface area is 224 Å². The first-order chi connectivity index (χ1) is 18.4. The Morgan fingerprint density at radius 3 is 2.45 bits per heavy atom. The Balaban J connectivity index is 1.36. The quantitative estimate of drug-likeness (QED) is 0.249. The number of aliphatic hydroxyl groups is 1. The Bertz CT molecular complexity index is 1390. The van der Waals surface area contributed by atoms with Gasteiger partial charge in [0.05, 0.1) is 13.1 Å². The molecule has 6 nitrogen and oxygen atoms in total. The molecule has 0 bridgehead atoms. The summed E-state index contributed by atoms with van der Waals surface area (Å²) in [7, 11) is 2.14. The molecule has 0 aliphatic carbocycles. The third-order valence-corrected chi connectivity index (χ3v) is 7.27. The number of hydrogen-bond donors (Lipinski definition) is 2. The second-order valence-corrected chi connectivity index (χ2v) is 10.1. The van der Waals surface area contributed by atoms with Gasteiger partial charge in [-0.05, 0) is 66.1 Å². The summed E-state index contributed by atoms with van der Waals surface area (Å²) < 4.78 is 5.55. The van der Waals surface area contributed by atoms with Crippen molar-refractivity contribution >= 4 is 24.1 Å². The lowest BCUT2D eigenvalue weighted by molar-refractivity contribution is -0.132. The molecule has 2 heterocycles. The number of cyclic esters (lactones) is 1. The number of nitrogens with one attached hydrogen (secondary N) is 1. The van der Waals surface area contributed by atoms with Crippen LogP contribution < -0.4 is 10.0 Å². The second kappa shape index (κ2) is 10.8. The number of aliphatic imine (C=N–C) groups is 1. The van der Waals surface area contributed by atoms with Crippen molar-refractivity contribution in [2.45, 2.75) is 44.7 Å². The van der Waals surface area contributed by atoms with Gasteiger partial charge < -0.3 is 9.84 Å². The molecule has 0 amide bonds. The third kappa shape index (κ3) is 5.47. The van der Waals surface area contributed by atoms with Gasteiger partial charge in [-0.15, -0.1) is 5.43 Å². The summed E-state index contributed by atoms with van der Waals surface area (Å²) in [5, 5.41) is 9.99. The van der Waals surface area contributed by atoms with E-state index in [1.165, 1.54) is 5.56 Å². The molecule has 3 aromatic rings. The molecule has 194 valence electrons. The van der Waals surface area contributed by atoms with Gasteiger partial charge in [-0.1, -0.05) is 67.9 Å². The first-order valence-electron chi connectivity index (χ1n) is 13.2. The van der Waals surface area contributed by atoms with E-state index in [2.05, 4.69) is 74.0 Å². The molecule has 2 unspecified atom stereocenters. The zero-order chi connectivity index (χ0) is 26.6. The summed E-state index contributed by atoms with van der Waals surface area (Å²) in [6.07, 6.45) is 9.95. The molecule has 6 heteroatoms. The molecule has 3 aromatic carbocycles. The number of quaternary nitrogens is 1. The number of hydrogen-bond acceptors (Lipinski definition) is 5. The standard InChI is InChI=1S/C32H33N3O3/c1-3-4-19-32(20-18-24-10-6-5-7-11-24)33-23-35(2,34-32)27-16-14-25(15-17-27)28-13-9-8-12-26(28)21-30-29(36)22-31(37)38-30/h5-17,21-23,34H,3-4,18-20H2,1-2H3/p+1/b30-21-. The van der Waals surface area contributed by atoms with E-state index < -0.39 is 5.97 Å². The number of rotatable bonds is 9. The maximum atomic E-state index is 11.5. The fraction of sp³-hybridized carbons (Fsp3) is 0.250. The normalized spacial score (nSPS) is 23.6. The first-order valence-corrected chi connectivity index (χ1v) is 13.2. The molecule has 0 saturated carbocycles. The summed E-state index contributed by atoms with van der Waals surface area (Å²) in [6.45, 7) is 2.22. The van der Waals surface area contributed by atoms with Crippen molar-refractivity contribution in [2.75, 3.05) is 7.05 Å². The molecule has 0 fully saturated rings. The number of ether oxygens (including phenoxy) is 1. The molecule has 0 radical (unpaired) electrons. The van der Waals surface area contributed by atoms with Crippen LogP contribution in [0.5, 0.6) is 0 Å². The smallest absolute Gasteiger partial charge is 0.340 e. The number of nitrogens with zero attached hydrogens (tertiary/aromatic N) is 2. The zero-order valence-electron chi connectivity index (χ0n) is 21.9. The van der Waals surface area contributed by atoms with E-state index in [-0.39, 0.29) is 17.2 Å². The minimum absolute atomic E-state index is 0.157. The van der Waals surface area contributed by atoms with Crippen molar-refractivity contribution < 1.29 is 14.6 Å². The molecule has 0 spiro atoms. The molecular weight excluding hydrogens is 474 g/mol. The maximum Gasteiger partial charge on any atom is 0.340 e. The van der Waals surface area contributed by atoms with Gasteiger partial charge >= 0.3 is 5.97 Å². The topological polar surface area (TPSA) is 70.9 Å². The largest absolute Gasteiger partial charge is 0.504 e. The van der Waals surface area contributed by atoms with Gasteiger partial charge in [0.1, 0.15) is 0 Å². The van der Waals surface area contributed by atoms with Gasteiger partial charge in [0.25, 0.3) is 0 Å². The van der Waals surface area contributed by atoms with Crippen molar-refractivity contribution in [3.8, 4) is 11.1 Å². The van der Waals surface area contributed by atoms with Crippen LogP contribution in [-0.2, 0) is 16.0 Å². The number of unbranched alkanes of at least 4 members (excludes halogenated alkanes) is 1. The molecule has 0 saturated heterocycles. The van der Waals surface area contributed by atoms with E-state index >= 15 is 0 Å². The lowest BCUT2D eigenvalue weighted by atomic mass is 9.95. The fourth-order valence-electron chi connectivity index (χ4n) is 5.13. The predicted molar refractivity (Wildman–Crippen MR) is 153 cm³/mol. The van der Waals surface area contributed by atoms with Gasteiger partial charge in [0, 0.05) is 12.1 Å². The van der Waals surface area contributed by atoms with Crippen LogP contribution >= 0.6 is 0 Å². The first kappa shape index (κ1) is 25.6. The highest BCUT2D eigenvalue weighted by Crippen LogP contribution is 2.34. The van der Waals surface area contributed by atoms with Crippen LogP contribution in [0.15, 0.2) is 101 Å². The summed E-state index contributed by atoms with van der Waals surface area (Å²) in [5.41, 5.74) is 8.84. The Morgan fingerprint density at radius 1 is 1.00 bits per heavy atom. The third-order valence-electron chi connectivity index (χ3n) is 7.27. The van der Waals surface area contributed by atoms with Crippen molar-refractivity contribution in [1.82, 2.24) is 10.0 Å². The highest BCUT2D eigenvalue weighted by atomic mass is 16.6. The number of aryl methyl sites for hydroxylation is 1. The molecule has 2 aliphatic heterocycles. The zero-order valence-corrected chi connectivity index (χ0v) is 21.9. The highest BCUT2D eigenvalue weighted by molar-refractivity contribution is 5.89. The van der Waals surface area contributed by atoms with Crippen molar-refractivity contribution in [1.29, 1.82) is 0 Å². The van der Waals surface area contributed by atoms with Gasteiger partial charge in [-0.3, -0.25) is 0 Å². The summed E-state index contributed by atoms with van der Waals surface area (Å²) >= 11 is 0. The van der Waals surface area contributed by atoms with Crippen molar-refractivity contribution in [3.05, 3.63) is 108 Å². The van der Waals surface area contributed by atoms with Gasteiger partial charge in [-0.25, -0.2) is 9.79 Å². The number of carbonyl (C=O) groups excluding carboxylic acids is 1. The second-order valence-electron chi connectivity index (χ2n) is 10.1. The number of esters is 1. The average Bonchev–Trinajstić information content (AvgIpc) is 3.45. The fourth-order valence-corrected chi connectivity index (χ4v) is 5.13. The molecule has 0 aromatic heterocycles. The van der Waals surface area contributed by atoms with Crippen LogP contribution in [0.4, 0.5) is 5.69 Å². The van der Waals surface area contributed by atoms with Crippen LogP contribution in [0.3, 0.4) is 0 Å². The SMILES string of the molecule is CCCCC1(CCc2ccccc2)N=C[N+](C)(c2ccc(-c3ccccc3/C=C3\OC(=O)C=C3O)cc2)N1. The molecule has 5 rings (SSSR count). The van der Waals surface area contributed by atoms with Gasteiger partial charge in [-0.2, -0.15) is 4.59 Å². The Morgan fingerprint density at radius 2 is 1.74 bits per heavy atom. The lowest BCUT2D eigenvalue weighted by Crippen LogP contribution is -2.59. The molecule has 2 aliphatic rings. The highest BCUT2D eigenvalue weighted by Gasteiger charge is 2.44. The van der Waals surface area contributed by atoms with E-state index in [1.54, 1.807) is 6.08 Å². The van der Waals surface area contributed by atoms with E-state index in [1.807, 2.05) is 30.6 Å². The molecule has 38 heavy (non-hydrogen) atoms. The molecule has 2 atom stereocenters. The average molecular weight is 509 g/mol. The van der Waals surface area contributed by atoms with Gasteiger partial charge in [0.2, 0.25) is 6.34 Å². The summed E-state index contributed by atoms with van der Waals surface area (Å²) in [5.74, 6) is -0.560. The van der Waals surface area contributed by atoms with Crippen LogP contribution in [-0.4, -0.2) is 30.1 Å². The van der Waals surface area contributed by atoms with Gasteiger partial charge in [0.15, 0.2) is 22.9 Å².